The van der Waals surface area contributed by atoms with Gasteiger partial charge in [0.2, 0.25) is 0 Å². The number of carboxylic acid groups (broad SMARTS) is 1. The fourth-order valence-electron chi connectivity index (χ4n) is 1.81. The molecule has 0 saturated carbocycles. The predicted molar refractivity (Wildman–Crippen MR) is 57.9 cm³/mol. The largest absolute Gasteiger partial charge is 0.508 e. The molecule has 0 aliphatic rings. The van der Waals surface area contributed by atoms with Crippen molar-refractivity contribution >= 4 is 5.97 Å². The normalized spacial score (nSPS) is 14.5. The van der Waals surface area contributed by atoms with Crippen LogP contribution in [0.5, 0.6) is 5.75 Å². The number of rotatable bonds is 4. The summed E-state index contributed by atoms with van der Waals surface area (Å²) in [4.78, 5) is 10.9. The number of hydrogen-bond donors (Lipinski definition) is 2. The zero-order chi connectivity index (χ0) is 11.4. The fourth-order valence-corrected chi connectivity index (χ4v) is 1.81. The number of carboxylic acids is 1. The Morgan fingerprint density at radius 2 is 2.13 bits per heavy atom. The number of carbonyl (C=O) groups is 1. The lowest BCUT2D eigenvalue weighted by Gasteiger charge is -2.19. The van der Waals surface area contributed by atoms with E-state index in [4.69, 9.17) is 5.11 Å². The van der Waals surface area contributed by atoms with Crippen LogP contribution in [0.2, 0.25) is 0 Å². The first-order valence-corrected chi connectivity index (χ1v) is 5.08. The van der Waals surface area contributed by atoms with Gasteiger partial charge in [0.05, 0.1) is 5.92 Å². The van der Waals surface area contributed by atoms with Gasteiger partial charge in [-0.3, -0.25) is 4.79 Å². The van der Waals surface area contributed by atoms with Gasteiger partial charge in [-0.15, -0.1) is 0 Å². The summed E-state index contributed by atoms with van der Waals surface area (Å²) < 4.78 is 0. The van der Waals surface area contributed by atoms with Gasteiger partial charge >= 0.3 is 5.97 Å². The fraction of sp³-hybridized carbons (Fsp3) is 0.417. The molecule has 1 aromatic rings. The molecule has 3 heteroatoms. The van der Waals surface area contributed by atoms with E-state index in [1.807, 2.05) is 13.0 Å². The van der Waals surface area contributed by atoms with Crippen molar-refractivity contribution in [3.63, 3.8) is 0 Å². The van der Waals surface area contributed by atoms with Gasteiger partial charge in [-0.1, -0.05) is 26.0 Å². The van der Waals surface area contributed by atoms with E-state index >= 15 is 0 Å². The third-order valence-corrected chi connectivity index (χ3v) is 2.73. The van der Waals surface area contributed by atoms with Gasteiger partial charge < -0.3 is 10.2 Å². The van der Waals surface area contributed by atoms with Crippen molar-refractivity contribution in [2.24, 2.45) is 5.92 Å². The molecule has 0 aliphatic carbocycles. The lowest BCUT2D eigenvalue weighted by molar-refractivity contribution is -0.141. The van der Waals surface area contributed by atoms with E-state index in [1.54, 1.807) is 25.1 Å². The number of benzene rings is 1. The van der Waals surface area contributed by atoms with E-state index < -0.39 is 11.9 Å². The molecular weight excluding hydrogens is 192 g/mol. The molecule has 0 fully saturated rings. The van der Waals surface area contributed by atoms with Crippen molar-refractivity contribution in [3.8, 4) is 5.75 Å². The molecule has 0 heterocycles. The van der Waals surface area contributed by atoms with Crippen LogP contribution in [-0.4, -0.2) is 16.2 Å². The maximum atomic E-state index is 10.9. The monoisotopic (exact) mass is 208 g/mol. The average Bonchev–Trinajstić information content (AvgIpc) is 2.18. The quantitative estimate of drug-likeness (QED) is 0.799. The average molecular weight is 208 g/mol. The van der Waals surface area contributed by atoms with Crippen LogP contribution in [0.25, 0.3) is 0 Å². The minimum Gasteiger partial charge on any atom is -0.508 e. The Labute approximate surface area is 89.4 Å². The Morgan fingerprint density at radius 3 is 2.60 bits per heavy atom. The molecule has 0 amide bonds. The van der Waals surface area contributed by atoms with Gasteiger partial charge in [0, 0.05) is 0 Å². The summed E-state index contributed by atoms with van der Waals surface area (Å²) in [5.41, 5.74) is 0.882. The maximum Gasteiger partial charge on any atom is 0.306 e. The summed E-state index contributed by atoms with van der Waals surface area (Å²) in [7, 11) is 0. The van der Waals surface area contributed by atoms with Crippen LogP contribution >= 0.6 is 0 Å². The number of phenolic OH excluding ortho intramolecular Hbond substituents is 1. The van der Waals surface area contributed by atoms with E-state index in [1.165, 1.54) is 0 Å². The van der Waals surface area contributed by atoms with Crippen LogP contribution in [0.15, 0.2) is 24.3 Å². The Hall–Kier alpha value is -1.51. The van der Waals surface area contributed by atoms with Crippen LogP contribution in [0.4, 0.5) is 0 Å². The molecule has 0 aliphatic heterocycles. The summed E-state index contributed by atoms with van der Waals surface area (Å²) >= 11 is 0. The molecule has 15 heavy (non-hydrogen) atoms. The van der Waals surface area contributed by atoms with Crippen LogP contribution in [-0.2, 0) is 4.79 Å². The Bertz CT molecular complexity index is 346. The molecule has 0 aromatic heterocycles. The van der Waals surface area contributed by atoms with Gasteiger partial charge in [0.15, 0.2) is 0 Å². The summed E-state index contributed by atoms with van der Waals surface area (Å²) in [6.07, 6.45) is 0.747. The van der Waals surface area contributed by atoms with Gasteiger partial charge in [-0.2, -0.15) is 0 Å². The van der Waals surface area contributed by atoms with Crippen molar-refractivity contribution in [1.29, 1.82) is 0 Å². The Balaban J connectivity index is 2.97. The van der Waals surface area contributed by atoms with Crippen LogP contribution in [0.3, 0.4) is 0 Å². The van der Waals surface area contributed by atoms with Gasteiger partial charge in [0.25, 0.3) is 0 Å². The molecule has 0 radical (unpaired) electrons. The minimum absolute atomic E-state index is 0.0467. The molecule has 82 valence electrons. The smallest absolute Gasteiger partial charge is 0.306 e. The maximum absolute atomic E-state index is 10.9. The first kappa shape index (κ1) is 11.6. The molecular formula is C12H16O3. The third-order valence-electron chi connectivity index (χ3n) is 2.73. The second-order valence-corrected chi connectivity index (χ2v) is 3.74. The summed E-state index contributed by atoms with van der Waals surface area (Å²) in [5.74, 6) is -1.10. The molecule has 0 saturated heterocycles. The van der Waals surface area contributed by atoms with Crippen LogP contribution in [0.1, 0.15) is 31.7 Å². The van der Waals surface area contributed by atoms with Gasteiger partial charge in [-0.25, -0.2) is 0 Å². The van der Waals surface area contributed by atoms with Crippen molar-refractivity contribution in [3.05, 3.63) is 29.8 Å². The van der Waals surface area contributed by atoms with Crippen molar-refractivity contribution < 1.29 is 15.0 Å². The number of hydrogen-bond acceptors (Lipinski definition) is 2. The molecule has 3 nitrogen and oxygen atoms in total. The predicted octanol–water partition coefficient (Wildman–Crippen LogP) is 2.61. The van der Waals surface area contributed by atoms with Crippen LogP contribution < -0.4 is 0 Å². The van der Waals surface area contributed by atoms with Crippen molar-refractivity contribution in [2.75, 3.05) is 0 Å². The lowest BCUT2D eigenvalue weighted by Crippen LogP contribution is -2.18. The SMILES string of the molecule is CCC(c1cccc(O)c1)C(C)C(=O)O. The summed E-state index contributed by atoms with van der Waals surface area (Å²) in [5, 5.41) is 18.3. The van der Waals surface area contributed by atoms with E-state index in [-0.39, 0.29) is 11.7 Å². The molecule has 2 N–H and O–H groups in total. The van der Waals surface area contributed by atoms with Crippen molar-refractivity contribution in [2.45, 2.75) is 26.2 Å². The summed E-state index contributed by atoms with van der Waals surface area (Å²) in [6, 6.07) is 6.81. The minimum atomic E-state index is -0.801. The highest BCUT2D eigenvalue weighted by molar-refractivity contribution is 5.71. The summed E-state index contributed by atoms with van der Waals surface area (Å²) in [6.45, 7) is 3.65. The molecule has 2 atom stereocenters. The Morgan fingerprint density at radius 1 is 1.47 bits per heavy atom. The molecule has 2 unspecified atom stereocenters. The molecule has 0 spiro atoms. The van der Waals surface area contributed by atoms with E-state index in [2.05, 4.69) is 0 Å². The second-order valence-electron chi connectivity index (χ2n) is 3.74. The van der Waals surface area contributed by atoms with Crippen molar-refractivity contribution in [1.82, 2.24) is 0 Å². The highest BCUT2D eigenvalue weighted by Crippen LogP contribution is 2.29. The zero-order valence-electron chi connectivity index (χ0n) is 8.97. The van der Waals surface area contributed by atoms with Crippen LogP contribution in [0, 0.1) is 5.92 Å². The molecule has 1 rings (SSSR count). The first-order chi connectivity index (χ1) is 7.06. The molecule has 0 bridgehead atoms. The standard InChI is InChI=1S/C12H16O3/c1-3-11(8(2)12(14)15)9-5-4-6-10(13)7-9/h4-8,11,13H,3H2,1-2H3,(H,14,15). The second kappa shape index (κ2) is 4.82. The number of phenols is 1. The topological polar surface area (TPSA) is 57.5 Å². The highest BCUT2D eigenvalue weighted by Gasteiger charge is 2.23. The first-order valence-electron chi connectivity index (χ1n) is 5.08. The van der Waals surface area contributed by atoms with E-state index in [9.17, 15) is 9.90 Å². The Kier molecular flexibility index (Phi) is 3.72. The van der Waals surface area contributed by atoms with E-state index in [0.29, 0.717) is 0 Å². The third kappa shape index (κ3) is 2.72. The zero-order valence-corrected chi connectivity index (χ0v) is 8.97. The molecule has 1 aromatic carbocycles. The number of aromatic hydroxyl groups is 1. The highest BCUT2D eigenvalue weighted by atomic mass is 16.4. The van der Waals surface area contributed by atoms with Gasteiger partial charge in [-0.05, 0) is 30.0 Å². The lowest BCUT2D eigenvalue weighted by atomic mass is 9.85. The van der Waals surface area contributed by atoms with Gasteiger partial charge in [0.1, 0.15) is 5.75 Å². The number of aliphatic carboxylic acids is 1. The van der Waals surface area contributed by atoms with E-state index in [0.717, 1.165) is 12.0 Å².